The van der Waals surface area contributed by atoms with Gasteiger partial charge in [-0.05, 0) is 50.1 Å². The molecule has 15 heteroatoms. The van der Waals surface area contributed by atoms with Crippen LogP contribution < -0.4 is 10.9 Å². The fourth-order valence-corrected chi connectivity index (χ4v) is 5.51. The minimum atomic E-state index is -0.608. The molecule has 13 nitrogen and oxygen atoms in total. The molecule has 0 spiro atoms. The highest BCUT2D eigenvalue weighted by Gasteiger charge is 2.25. The number of fused-ring (bicyclic) bond motifs is 4. The summed E-state index contributed by atoms with van der Waals surface area (Å²) >= 11 is 12.3. The van der Waals surface area contributed by atoms with Gasteiger partial charge in [-0.2, -0.15) is 5.10 Å². The maximum Gasteiger partial charge on any atom is 0.358 e. The molecule has 2 atom stereocenters. The first-order valence-electron chi connectivity index (χ1n) is 14.2. The largest absolute Gasteiger partial charge is 0.461 e. The number of anilines is 1. The van der Waals surface area contributed by atoms with Crippen molar-refractivity contribution in [3.8, 4) is 22.6 Å². The van der Waals surface area contributed by atoms with Gasteiger partial charge in [0.15, 0.2) is 10.8 Å². The molecule has 1 aliphatic heterocycles. The fourth-order valence-electron chi connectivity index (χ4n) is 5.22. The molecule has 0 aliphatic carbocycles. The number of benzene rings is 1. The lowest BCUT2D eigenvalue weighted by atomic mass is 9.98. The van der Waals surface area contributed by atoms with E-state index >= 15 is 0 Å². The lowest BCUT2D eigenvalue weighted by Gasteiger charge is -2.22. The van der Waals surface area contributed by atoms with Crippen molar-refractivity contribution in [2.45, 2.75) is 39.2 Å². The smallest absolute Gasteiger partial charge is 0.358 e. The number of carbonyl (C=O) groups excluding carboxylic acids is 2. The van der Waals surface area contributed by atoms with Gasteiger partial charge in [-0.1, -0.05) is 41.8 Å². The molecule has 0 saturated heterocycles. The number of halogens is 2. The molecule has 4 aromatic heterocycles. The van der Waals surface area contributed by atoms with E-state index < -0.39 is 12.0 Å². The number of hydrogen-bond donors (Lipinski definition) is 1. The molecule has 6 rings (SSSR count). The van der Waals surface area contributed by atoms with Crippen molar-refractivity contribution in [2.75, 3.05) is 11.9 Å². The topological polar surface area (TPSA) is 152 Å². The van der Waals surface area contributed by atoms with E-state index in [9.17, 15) is 14.4 Å². The van der Waals surface area contributed by atoms with Gasteiger partial charge in [-0.3, -0.25) is 19.1 Å². The molecule has 2 bridgehead atoms. The molecular weight excluding hydrogens is 621 g/mol. The molecule has 1 aromatic carbocycles. The first kappa shape index (κ1) is 30.2. The molecule has 1 amide bonds. The second-order valence-corrected chi connectivity index (χ2v) is 11.3. The van der Waals surface area contributed by atoms with Gasteiger partial charge in [0, 0.05) is 34.8 Å². The van der Waals surface area contributed by atoms with Crippen LogP contribution in [0.4, 0.5) is 5.82 Å². The number of rotatable bonds is 5. The van der Waals surface area contributed by atoms with Crippen LogP contribution in [0.25, 0.3) is 22.6 Å². The summed E-state index contributed by atoms with van der Waals surface area (Å²) < 4.78 is 9.59. The zero-order chi connectivity index (χ0) is 31.7. The molecule has 0 saturated carbocycles. The highest BCUT2D eigenvalue weighted by Crippen LogP contribution is 2.30. The van der Waals surface area contributed by atoms with Gasteiger partial charge in [-0.25, -0.2) is 19.1 Å². The quantitative estimate of drug-likeness (QED) is 0.262. The van der Waals surface area contributed by atoms with Crippen LogP contribution >= 0.6 is 23.2 Å². The summed E-state index contributed by atoms with van der Waals surface area (Å²) in [5.41, 5.74) is 2.40. The monoisotopic (exact) mass is 647 g/mol. The number of esters is 1. The zero-order valence-electron chi connectivity index (χ0n) is 24.2. The normalized spacial score (nSPS) is 16.7. The van der Waals surface area contributed by atoms with E-state index in [4.69, 9.17) is 27.9 Å². The van der Waals surface area contributed by atoms with E-state index in [1.165, 1.54) is 32.4 Å². The molecule has 5 aromatic rings. The van der Waals surface area contributed by atoms with Crippen molar-refractivity contribution in [1.82, 2.24) is 39.3 Å². The SMILES string of the molecule is CCOC(=O)c1cc2n(n1)-c1ccnc(c1)[C@@H](n1cnc(-c3cc(Cl)ccc3-n3cc(Cl)nn3)cc1=O)CCC[C@@H](C)C(=O)N2. The highest BCUT2D eigenvalue weighted by atomic mass is 35.5. The number of ether oxygens (including phenoxy) is 1. The molecule has 0 radical (unpaired) electrons. The van der Waals surface area contributed by atoms with Crippen molar-refractivity contribution in [1.29, 1.82) is 0 Å². The van der Waals surface area contributed by atoms with Crippen LogP contribution in [0, 0.1) is 5.92 Å². The van der Waals surface area contributed by atoms with Crippen molar-refractivity contribution < 1.29 is 14.3 Å². The lowest BCUT2D eigenvalue weighted by molar-refractivity contribution is -0.119. The predicted molar refractivity (Wildman–Crippen MR) is 166 cm³/mol. The van der Waals surface area contributed by atoms with E-state index in [-0.39, 0.29) is 34.8 Å². The number of pyridine rings is 1. The Hall–Kier alpha value is -4.88. The maximum absolute atomic E-state index is 13.7. The van der Waals surface area contributed by atoms with Gasteiger partial charge in [0.05, 0.1) is 47.9 Å². The second kappa shape index (κ2) is 12.6. The lowest BCUT2D eigenvalue weighted by Crippen LogP contribution is -2.27. The van der Waals surface area contributed by atoms with Crippen LogP contribution in [0.15, 0.2) is 66.0 Å². The highest BCUT2D eigenvalue weighted by molar-refractivity contribution is 6.31. The van der Waals surface area contributed by atoms with Crippen LogP contribution in [-0.4, -0.2) is 57.8 Å². The van der Waals surface area contributed by atoms with Crippen molar-refractivity contribution in [3.05, 3.63) is 93.1 Å². The third-order valence-electron chi connectivity index (χ3n) is 7.48. The Bertz CT molecular complexity index is 1970. The summed E-state index contributed by atoms with van der Waals surface area (Å²) in [4.78, 5) is 48.6. The Morgan fingerprint density at radius 3 is 2.69 bits per heavy atom. The predicted octanol–water partition coefficient (Wildman–Crippen LogP) is 4.90. The number of amides is 1. The first-order valence-corrected chi connectivity index (χ1v) is 15.0. The van der Waals surface area contributed by atoms with Gasteiger partial charge in [-0.15, -0.1) is 5.10 Å². The van der Waals surface area contributed by atoms with Crippen molar-refractivity contribution in [3.63, 3.8) is 0 Å². The summed E-state index contributed by atoms with van der Waals surface area (Å²) in [5.74, 6) is -0.858. The maximum atomic E-state index is 13.7. The van der Waals surface area contributed by atoms with Gasteiger partial charge >= 0.3 is 5.97 Å². The Labute approximate surface area is 266 Å². The summed E-state index contributed by atoms with van der Waals surface area (Å²) in [6.07, 6.45) is 6.30. The molecular formula is C30H27Cl2N9O4. The summed E-state index contributed by atoms with van der Waals surface area (Å²) in [7, 11) is 0. The second-order valence-electron chi connectivity index (χ2n) is 10.5. The zero-order valence-corrected chi connectivity index (χ0v) is 25.7. The number of aromatic nitrogens is 8. The molecule has 230 valence electrons. The average molecular weight is 649 g/mol. The van der Waals surface area contributed by atoms with Gasteiger partial charge in [0.2, 0.25) is 5.91 Å². The van der Waals surface area contributed by atoms with Gasteiger partial charge in [0.25, 0.3) is 5.56 Å². The molecule has 5 heterocycles. The van der Waals surface area contributed by atoms with Crippen LogP contribution in [0.2, 0.25) is 10.2 Å². The van der Waals surface area contributed by atoms with E-state index in [0.29, 0.717) is 58.4 Å². The van der Waals surface area contributed by atoms with Crippen LogP contribution in [0.3, 0.4) is 0 Å². The minimum Gasteiger partial charge on any atom is -0.461 e. The average Bonchev–Trinajstić information content (AvgIpc) is 3.65. The summed E-state index contributed by atoms with van der Waals surface area (Å²) in [5, 5.41) is 15.9. The summed E-state index contributed by atoms with van der Waals surface area (Å²) in [6, 6.07) is 11.0. The Morgan fingerprint density at radius 1 is 1.09 bits per heavy atom. The Balaban J connectivity index is 1.42. The minimum absolute atomic E-state index is 0.0501. The summed E-state index contributed by atoms with van der Waals surface area (Å²) in [6.45, 7) is 3.71. The number of carbonyl (C=O) groups is 2. The van der Waals surface area contributed by atoms with E-state index in [0.717, 1.165) is 0 Å². The number of nitrogens with zero attached hydrogens (tertiary/aromatic N) is 8. The third kappa shape index (κ3) is 6.22. The standard InChI is InChI=1S/C30H27Cl2N9O4/c1-3-45-30(44)23-13-27-35-29(43)17(2)5-4-6-25(22-12-19(9-10-33-22)41(27)37-23)39-16-34-21(14-28(39)42)20-11-18(31)7-8-24(20)40-15-26(32)36-38-40/h7-17,25H,3-6H2,1-2H3,(H,35,43)/t17-,25+/m1/s1. The van der Waals surface area contributed by atoms with Gasteiger partial charge < -0.3 is 10.1 Å². The number of nitrogens with one attached hydrogen (secondary N) is 1. The fraction of sp³-hybridized carbons (Fsp3) is 0.267. The molecule has 0 fully saturated rings. The van der Waals surface area contributed by atoms with Crippen molar-refractivity contribution >= 4 is 40.9 Å². The molecule has 1 N–H and O–H groups in total. The van der Waals surface area contributed by atoms with Crippen LogP contribution in [0.5, 0.6) is 0 Å². The van der Waals surface area contributed by atoms with E-state index in [1.807, 2.05) is 6.92 Å². The first-order chi connectivity index (χ1) is 21.7. The van der Waals surface area contributed by atoms with Crippen molar-refractivity contribution in [2.24, 2.45) is 5.92 Å². The molecule has 0 unspecified atom stereocenters. The number of hydrogen-bond acceptors (Lipinski definition) is 9. The Kier molecular flexibility index (Phi) is 8.46. The Morgan fingerprint density at radius 2 is 1.93 bits per heavy atom. The third-order valence-corrected chi connectivity index (χ3v) is 7.88. The van der Waals surface area contributed by atoms with Gasteiger partial charge in [0.1, 0.15) is 5.82 Å². The van der Waals surface area contributed by atoms with Crippen LogP contribution in [-0.2, 0) is 9.53 Å². The molecule has 1 aliphatic rings. The van der Waals surface area contributed by atoms with E-state index in [2.05, 4.69) is 30.7 Å². The van der Waals surface area contributed by atoms with E-state index in [1.54, 1.807) is 49.6 Å². The molecule has 45 heavy (non-hydrogen) atoms. The van der Waals surface area contributed by atoms with Crippen LogP contribution in [0.1, 0.15) is 55.3 Å².